The van der Waals surface area contributed by atoms with Crippen LogP contribution in [-0.4, -0.2) is 15.1 Å². The second-order valence-corrected chi connectivity index (χ2v) is 14.1. The van der Waals surface area contributed by atoms with Crippen molar-refractivity contribution in [3.05, 3.63) is 49.5 Å². The molecule has 1 nitrogen and oxygen atoms in total. The number of allylic oxidation sites excluding steroid dienone is 1. The average molecular weight is 585 g/mol. The van der Waals surface area contributed by atoms with E-state index in [9.17, 15) is 0 Å². The zero-order valence-corrected chi connectivity index (χ0v) is 24.7. The monoisotopic (exact) mass is 581 g/mol. The van der Waals surface area contributed by atoms with Gasteiger partial charge in [-0.05, 0) is 34.0 Å². The molecule has 0 fully saturated rings. The maximum absolute atomic E-state index is 6.94. The summed E-state index contributed by atoms with van der Waals surface area (Å²) in [6.07, 6.45) is 4.49. The van der Waals surface area contributed by atoms with Crippen LogP contribution in [0.2, 0.25) is 13.1 Å². The van der Waals surface area contributed by atoms with E-state index in [0.29, 0.717) is 0 Å². The van der Waals surface area contributed by atoms with E-state index in [1.54, 1.807) is 0 Å². The molecule has 27 heavy (non-hydrogen) atoms. The molecule has 2 radical (unpaired) electrons. The molecule has 0 aliphatic heterocycles. The topological polar surface area (TPSA) is 23.8 Å². The Morgan fingerprint density at radius 3 is 2.11 bits per heavy atom. The van der Waals surface area contributed by atoms with E-state index in [1.807, 2.05) is 32.1 Å². The van der Waals surface area contributed by atoms with E-state index in [-0.39, 0.29) is 5.54 Å². The summed E-state index contributed by atoms with van der Waals surface area (Å²) in [5.74, 6) is 0. The Balaban J connectivity index is 0.000000516. The van der Waals surface area contributed by atoms with E-state index in [0.717, 1.165) is 15.9 Å². The van der Waals surface area contributed by atoms with E-state index in [4.69, 9.17) is 22.8 Å². The zero-order chi connectivity index (χ0) is 21.4. The molecule has 0 saturated carbocycles. The molecule has 0 atom stereocenters. The van der Waals surface area contributed by atoms with Crippen LogP contribution in [-0.2, 0) is 27.3 Å². The predicted octanol–water partition coefficient (Wildman–Crippen LogP) is 8.93. The number of benzene rings is 1. The van der Waals surface area contributed by atoms with Gasteiger partial charge in [-0.25, -0.2) is 0 Å². The Kier molecular flexibility index (Phi) is 13.9. The fourth-order valence-corrected chi connectivity index (χ4v) is 4.45. The van der Waals surface area contributed by atoms with Crippen LogP contribution in [0.25, 0.3) is 15.8 Å². The summed E-state index contributed by atoms with van der Waals surface area (Å²) in [5, 5.41) is 1.40. The van der Waals surface area contributed by atoms with Crippen LogP contribution in [0.4, 0.5) is 0 Å². The van der Waals surface area contributed by atoms with Crippen LogP contribution in [0.1, 0.15) is 49.3 Å². The first kappa shape index (κ1) is 28.0. The second kappa shape index (κ2) is 13.4. The molecular formula is C20H28BrCl2NSSiZr. The molecule has 1 aliphatic rings. The van der Waals surface area contributed by atoms with Crippen LogP contribution in [0.5, 0.6) is 0 Å². The van der Waals surface area contributed by atoms with Crippen molar-refractivity contribution in [1.29, 1.82) is 0 Å². The van der Waals surface area contributed by atoms with Gasteiger partial charge < -0.3 is 5.73 Å². The summed E-state index contributed by atoms with van der Waals surface area (Å²) in [4.78, 5) is 1.42. The Morgan fingerprint density at radius 1 is 1.22 bits per heavy atom. The van der Waals surface area contributed by atoms with Crippen LogP contribution in [0.3, 0.4) is 0 Å². The standard InChI is InChI=1S/C14H12BrS.C4H10N.C2H6Si.2ClH.Zr/c1-7-4-10-6-12-13(8(2)9(3)16-12)14(15)11(10)5-7;1-4(2,3)5;1-3-2;;;/h6H,5H2,1-3H3;5H,1-3H3;1-2H3;2*1H;/q2*-1;;;;+4/p-2. The van der Waals surface area contributed by atoms with Gasteiger partial charge in [0.15, 0.2) is 0 Å². The minimum atomic E-state index is -0.826. The molecule has 3 rings (SSSR count). The molecule has 1 aromatic heterocycles. The summed E-state index contributed by atoms with van der Waals surface area (Å²) in [7, 11) is 11.0. The number of hydrogen-bond acceptors (Lipinski definition) is 1. The quantitative estimate of drug-likeness (QED) is 0.218. The van der Waals surface area contributed by atoms with Crippen molar-refractivity contribution in [1.82, 2.24) is 0 Å². The average Bonchev–Trinajstić information content (AvgIpc) is 3.00. The molecule has 7 heteroatoms. The number of halogens is 3. The van der Waals surface area contributed by atoms with Crippen molar-refractivity contribution in [2.75, 3.05) is 0 Å². The first-order chi connectivity index (χ1) is 12.4. The Morgan fingerprint density at radius 2 is 1.67 bits per heavy atom. The number of hydrogen-bond donors (Lipinski definition) is 0. The van der Waals surface area contributed by atoms with Gasteiger partial charge in [0.1, 0.15) is 0 Å². The van der Waals surface area contributed by atoms with E-state index in [2.05, 4.69) is 61.9 Å². The molecule has 148 valence electrons. The van der Waals surface area contributed by atoms with Gasteiger partial charge in [-0.2, -0.15) is 23.0 Å². The van der Waals surface area contributed by atoms with Crippen molar-refractivity contribution in [3.63, 3.8) is 0 Å². The predicted molar refractivity (Wildman–Crippen MR) is 127 cm³/mol. The van der Waals surface area contributed by atoms with Gasteiger partial charge in [0.25, 0.3) is 0 Å². The van der Waals surface area contributed by atoms with Crippen LogP contribution < -0.4 is 0 Å². The van der Waals surface area contributed by atoms with Gasteiger partial charge in [0, 0.05) is 14.4 Å². The fraction of sp³-hybridized carbons (Fsp3) is 0.500. The third-order valence-electron chi connectivity index (χ3n) is 3.29. The normalized spacial score (nSPS) is 11.8. The Labute approximate surface area is 199 Å². The van der Waals surface area contributed by atoms with Crippen molar-refractivity contribution in [2.45, 2.75) is 66.6 Å². The maximum atomic E-state index is 6.94. The van der Waals surface area contributed by atoms with Crippen LogP contribution in [0, 0.1) is 19.9 Å². The molecule has 1 N–H and O–H groups in total. The number of rotatable bonds is 0. The summed E-state index contributed by atoms with van der Waals surface area (Å²) >= 11 is 4.83. The first-order valence-electron chi connectivity index (χ1n) is 8.51. The van der Waals surface area contributed by atoms with E-state index < -0.39 is 20.8 Å². The third kappa shape index (κ3) is 10.1. The first-order valence-corrected chi connectivity index (χ1v) is 18.4. The van der Waals surface area contributed by atoms with Crippen molar-refractivity contribution in [2.24, 2.45) is 0 Å². The van der Waals surface area contributed by atoms with E-state index >= 15 is 0 Å². The van der Waals surface area contributed by atoms with E-state index in [1.165, 1.54) is 41.7 Å². The fourth-order valence-electron chi connectivity index (χ4n) is 2.34. The SMILES string of the molecule is CC(C)(C)[NH-].CC1=[C-]c2cc3sc(C)c(C)c3c(Br)c2C1.C[Si]C.[Cl][Zr+2][Cl]. The van der Waals surface area contributed by atoms with Gasteiger partial charge in [0.05, 0.1) is 0 Å². The number of thiophene rings is 1. The van der Waals surface area contributed by atoms with Crippen molar-refractivity contribution >= 4 is 63.9 Å². The summed E-state index contributed by atoms with van der Waals surface area (Å²) in [6.45, 7) is 16.4. The molecule has 1 aliphatic carbocycles. The molecule has 0 unspecified atom stereocenters. The van der Waals surface area contributed by atoms with Crippen molar-refractivity contribution < 1.29 is 20.8 Å². The van der Waals surface area contributed by atoms with Gasteiger partial charge >= 0.3 is 37.9 Å². The summed E-state index contributed by atoms with van der Waals surface area (Å²) in [6, 6.07) is 2.29. The molecule has 2 aromatic rings. The molecule has 0 bridgehead atoms. The molecule has 0 amide bonds. The van der Waals surface area contributed by atoms with Gasteiger partial charge in [0.2, 0.25) is 0 Å². The van der Waals surface area contributed by atoms with Crippen LogP contribution >= 0.6 is 44.3 Å². The Hall–Kier alpha value is 1.04. The molecular weight excluding hydrogens is 556 g/mol. The Bertz CT molecular complexity index is 762. The second-order valence-electron chi connectivity index (χ2n) is 7.28. The van der Waals surface area contributed by atoms with Gasteiger partial charge in [-0.1, -0.05) is 63.1 Å². The number of fused-ring (bicyclic) bond motifs is 2. The van der Waals surface area contributed by atoms with Crippen molar-refractivity contribution in [3.8, 4) is 0 Å². The zero-order valence-electron chi connectivity index (χ0n) is 17.3. The summed E-state index contributed by atoms with van der Waals surface area (Å²) < 4.78 is 2.66. The van der Waals surface area contributed by atoms with Gasteiger partial charge in [-0.15, -0.1) is 22.7 Å². The molecule has 0 spiro atoms. The summed E-state index contributed by atoms with van der Waals surface area (Å²) in [5.41, 5.74) is 12.1. The molecule has 1 aromatic carbocycles. The van der Waals surface area contributed by atoms with Crippen LogP contribution in [0.15, 0.2) is 16.1 Å². The molecule has 0 saturated heterocycles. The molecule has 1 heterocycles. The minimum absolute atomic E-state index is 0.250. The third-order valence-corrected chi connectivity index (χ3v) is 5.32. The number of nitrogens with one attached hydrogen (secondary N) is 1. The number of aryl methyl sites for hydroxylation is 2. The van der Waals surface area contributed by atoms with Gasteiger partial charge in [-0.3, -0.25) is 0 Å².